The van der Waals surface area contributed by atoms with E-state index in [0.717, 1.165) is 3.97 Å². The molecule has 4 rings (SSSR count). The van der Waals surface area contributed by atoms with Crippen molar-refractivity contribution in [2.45, 2.75) is 22.7 Å². The molecule has 0 saturated heterocycles. The fourth-order valence-corrected chi connectivity index (χ4v) is 6.11. The zero-order chi connectivity index (χ0) is 22.9. The zero-order valence-electron chi connectivity index (χ0n) is 16.7. The Hall–Kier alpha value is -2.88. The van der Waals surface area contributed by atoms with Crippen LogP contribution >= 0.6 is 23.4 Å². The summed E-state index contributed by atoms with van der Waals surface area (Å²) in [6.07, 6.45) is 0. The largest absolute Gasteiger partial charge is 0.325 e. The molecule has 3 aromatic carbocycles. The molecule has 0 atom stereocenters. The van der Waals surface area contributed by atoms with Crippen molar-refractivity contribution >= 4 is 56.0 Å². The molecule has 1 N–H and O–H groups in total. The highest BCUT2D eigenvalue weighted by molar-refractivity contribution is 7.99. The average Bonchev–Trinajstić information content (AvgIpc) is 3.12. The number of aromatic nitrogens is 2. The second-order valence-corrected chi connectivity index (χ2v) is 10.0. The van der Waals surface area contributed by atoms with Gasteiger partial charge >= 0.3 is 0 Å². The Labute approximate surface area is 193 Å². The van der Waals surface area contributed by atoms with Gasteiger partial charge in [0.15, 0.2) is 5.16 Å². The van der Waals surface area contributed by atoms with E-state index in [2.05, 4.69) is 10.3 Å². The molecular formula is C22H17ClFN3O3S2. The normalized spacial score (nSPS) is 11.6. The van der Waals surface area contributed by atoms with E-state index < -0.39 is 10.0 Å². The number of thioether (sulfide) groups is 1. The topological polar surface area (TPSA) is 81.1 Å². The first kappa shape index (κ1) is 22.3. The Balaban J connectivity index is 1.77. The van der Waals surface area contributed by atoms with E-state index in [1.54, 1.807) is 36.4 Å². The van der Waals surface area contributed by atoms with Crippen LogP contribution in [0.15, 0.2) is 76.8 Å². The van der Waals surface area contributed by atoms with Crippen LogP contribution in [0.2, 0.25) is 5.02 Å². The average molecular weight is 490 g/mol. The van der Waals surface area contributed by atoms with E-state index in [4.69, 9.17) is 11.6 Å². The summed E-state index contributed by atoms with van der Waals surface area (Å²) in [5.41, 5.74) is 1.94. The first-order valence-electron chi connectivity index (χ1n) is 9.43. The van der Waals surface area contributed by atoms with Crippen LogP contribution in [0, 0.1) is 5.82 Å². The Bertz CT molecular complexity index is 1440. The smallest absolute Gasteiger partial charge is 0.270 e. The second-order valence-electron chi connectivity index (χ2n) is 6.89. The van der Waals surface area contributed by atoms with Gasteiger partial charge in [0.05, 0.1) is 26.6 Å². The molecular weight excluding hydrogens is 473 g/mol. The molecule has 0 bridgehead atoms. The van der Waals surface area contributed by atoms with Crippen LogP contribution < -0.4 is 5.32 Å². The van der Waals surface area contributed by atoms with Gasteiger partial charge in [0.2, 0.25) is 5.91 Å². The SMILES string of the molecule is CC(=O)Nc1ccc(S(=O)(=O)n2c(SCc3cccc(F)c3)nc3ccccc32)cc1Cl. The minimum absolute atomic E-state index is 0.0487. The second kappa shape index (κ2) is 8.93. The lowest BCUT2D eigenvalue weighted by Crippen LogP contribution is -2.15. The molecule has 1 aromatic heterocycles. The highest BCUT2D eigenvalue weighted by Gasteiger charge is 2.25. The monoisotopic (exact) mass is 489 g/mol. The number of hydrogen-bond acceptors (Lipinski definition) is 5. The molecule has 4 aromatic rings. The quantitative estimate of drug-likeness (QED) is 0.371. The van der Waals surface area contributed by atoms with E-state index in [1.165, 1.54) is 49.0 Å². The number of rotatable bonds is 6. The molecule has 6 nitrogen and oxygen atoms in total. The maximum atomic E-state index is 13.6. The summed E-state index contributed by atoms with van der Waals surface area (Å²) in [5, 5.41) is 2.90. The third-order valence-electron chi connectivity index (χ3n) is 4.54. The Kier molecular flexibility index (Phi) is 6.23. The summed E-state index contributed by atoms with van der Waals surface area (Å²) in [6, 6.07) is 17.1. The van der Waals surface area contributed by atoms with Crippen molar-refractivity contribution in [3.63, 3.8) is 0 Å². The molecule has 0 spiro atoms. The molecule has 32 heavy (non-hydrogen) atoms. The van der Waals surface area contributed by atoms with Gasteiger partial charge in [-0.3, -0.25) is 4.79 Å². The van der Waals surface area contributed by atoms with Crippen LogP contribution in [-0.2, 0) is 20.6 Å². The third-order valence-corrected chi connectivity index (χ3v) is 7.67. The Morgan fingerprint density at radius 3 is 2.62 bits per heavy atom. The van der Waals surface area contributed by atoms with E-state index in [1.807, 2.05) is 0 Å². The standard InChI is InChI=1S/C22H17ClFN3O3S2/c1-14(28)25-19-10-9-17(12-18(19)23)32(29,30)27-21-8-3-2-7-20(21)26-22(27)31-13-15-5-4-6-16(24)11-15/h2-12H,13H2,1H3,(H,25,28). The summed E-state index contributed by atoms with van der Waals surface area (Å²) >= 11 is 7.40. The molecule has 10 heteroatoms. The van der Waals surface area contributed by atoms with Gasteiger partial charge in [-0.25, -0.2) is 21.8 Å². The Morgan fingerprint density at radius 1 is 1.12 bits per heavy atom. The number of nitrogens with one attached hydrogen (secondary N) is 1. The van der Waals surface area contributed by atoms with Crippen molar-refractivity contribution in [1.82, 2.24) is 8.96 Å². The fraction of sp³-hybridized carbons (Fsp3) is 0.0909. The molecule has 0 fully saturated rings. The number of carbonyl (C=O) groups is 1. The lowest BCUT2D eigenvalue weighted by molar-refractivity contribution is -0.114. The van der Waals surface area contributed by atoms with Crippen molar-refractivity contribution in [2.24, 2.45) is 0 Å². The molecule has 0 aliphatic heterocycles. The summed E-state index contributed by atoms with van der Waals surface area (Å²) in [4.78, 5) is 15.7. The maximum Gasteiger partial charge on any atom is 0.270 e. The maximum absolute atomic E-state index is 13.6. The number of nitrogens with zero attached hydrogens (tertiary/aromatic N) is 2. The first-order valence-corrected chi connectivity index (χ1v) is 12.2. The van der Waals surface area contributed by atoms with Gasteiger partial charge in [-0.05, 0) is 48.0 Å². The van der Waals surface area contributed by atoms with E-state index >= 15 is 0 Å². The molecule has 0 aliphatic rings. The van der Waals surface area contributed by atoms with Crippen molar-refractivity contribution < 1.29 is 17.6 Å². The van der Waals surface area contributed by atoms with Crippen LogP contribution in [0.4, 0.5) is 10.1 Å². The van der Waals surface area contributed by atoms with Crippen molar-refractivity contribution in [1.29, 1.82) is 0 Å². The molecule has 164 valence electrons. The van der Waals surface area contributed by atoms with Gasteiger partial charge in [0, 0.05) is 12.7 Å². The number of halogens is 2. The number of imidazole rings is 1. The molecule has 0 saturated carbocycles. The van der Waals surface area contributed by atoms with Gasteiger partial charge < -0.3 is 5.32 Å². The predicted octanol–water partition coefficient (Wildman–Crippen LogP) is 5.32. The molecule has 1 amide bonds. The lowest BCUT2D eigenvalue weighted by Gasteiger charge is -2.12. The molecule has 0 aliphatic carbocycles. The van der Waals surface area contributed by atoms with Gasteiger partial charge in [-0.2, -0.15) is 0 Å². The van der Waals surface area contributed by atoms with Crippen LogP contribution in [0.1, 0.15) is 12.5 Å². The number of anilines is 1. The predicted molar refractivity (Wildman–Crippen MR) is 124 cm³/mol. The number of benzene rings is 3. The molecule has 1 heterocycles. The number of hydrogen-bond donors (Lipinski definition) is 1. The van der Waals surface area contributed by atoms with Gasteiger partial charge in [-0.15, -0.1) is 0 Å². The van der Waals surface area contributed by atoms with Crippen molar-refractivity contribution in [3.8, 4) is 0 Å². The number of carbonyl (C=O) groups excluding carboxylic acids is 1. The minimum atomic E-state index is -4.07. The van der Waals surface area contributed by atoms with Crippen LogP contribution in [0.5, 0.6) is 0 Å². The minimum Gasteiger partial charge on any atom is -0.325 e. The first-order chi connectivity index (χ1) is 15.3. The zero-order valence-corrected chi connectivity index (χ0v) is 19.1. The van der Waals surface area contributed by atoms with Gasteiger partial charge in [0.25, 0.3) is 10.0 Å². The van der Waals surface area contributed by atoms with Crippen LogP contribution in [-0.4, -0.2) is 23.3 Å². The van der Waals surface area contributed by atoms with Gasteiger partial charge in [-0.1, -0.05) is 47.6 Å². The summed E-state index contributed by atoms with van der Waals surface area (Å²) < 4.78 is 41.9. The highest BCUT2D eigenvalue weighted by atomic mass is 35.5. The van der Waals surface area contributed by atoms with Crippen molar-refractivity contribution in [2.75, 3.05) is 5.32 Å². The van der Waals surface area contributed by atoms with E-state index in [-0.39, 0.29) is 26.8 Å². The highest BCUT2D eigenvalue weighted by Crippen LogP contribution is 2.33. The number of amides is 1. The van der Waals surface area contributed by atoms with E-state index in [9.17, 15) is 17.6 Å². The third kappa shape index (κ3) is 4.50. The number of fused-ring (bicyclic) bond motifs is 1. The van der Waals surface area contributed by atoms with Crippen LogP contribution in [0.3, 0.4) is 0 Å². The lowest BCUT2D eigenvalue weighted by atomic mass is 10.2. The van der Waals surface area contributed by atoms with Crippen LogP contribution in [0.25, 0.3) is 11.0 Å². The summed E-state index contributed by atoms with van der Waals surface area (Å²) in [6.45, 7) is 1.33. The number of para-hydroxylation sites is 2. The molecule has 0 unspecified atom stereocenters. The van der Waals surface area contributed by atoms with Gasteiger partial charge in [0.1, 0.15) is 5.82 Å². The Morgan fingerprint density at radius 2 is 1.91 bits per heavy atom. The summed E-state index contributed by atoms with van der Waals surface area (Å²) in [7, 11) is -4.07. The fourth-order valence-electron chi connectivity index (χ4n) is 3.13. The van der Waals surface area contributed by atoms with Crippen molar-refractivity contribution in [3.05, 3.63) is 83.1 Å². The summed E-state index contributed by atoms with van der Waals surface area (Å²) in [5.74, 6) is -0.351. The van der Waals surface area contributed by atoms with E-state index in [0.29, 0.717) is 28.0 Å². The molecule has 0 radical (unpaired) electrons.